The van der Waals surface area contributed by atoms with Gasteiger partial charge in [0.25, 0.3) is 5.91 Å². The third kappa shape index (κ3) is 4.38. The summed E-state index contributed by atoms with van der Waals surface area (Å²) in [5, 5.41) is 15.8. The van der Waals surface area contributed by atoms with Crippen molar-refractivity contribution in [1.29, 1.82) is 5.26 Å². The molecule has 0 aliphatic carbocycles. The molecule has 1 unspecified atom stereocenters. The van der Waals surface area contributed by atoms with Crippen molar-refractivity contribution in [2.24, 2.45) is 0 Å². The fourth-order valence-corrected chi connectivity index (χ4v) is 2.80. The lowest BCUT2D eigenvalue weighted by Gasteiger charge is -2.15. The maximum Gasteiger partial charge on any atom is 0.251 e. The summed E-state index contributed by atoms with van der Waals surface area (Å²) < 4.78 is 10.9. The van der Waals surface area contributed by atoms with Gasteiger partial charge in [0.1, 0.15) is 18.1 Å². The van der Waals surface area contributed by atoms with Gasteiger partial charge in [-0.15, -0.1) is 0 Å². The fourth-order valence-electron chi connectivity index (χ4n) is 2.80. The summed E-state index contributed by atoms with van der Waals surface area (Å²) in [5.74, 6) is 1.13. The van der Waals surface area contributed by atoms with Crippen LogP contribution < -0.4 is 10.1 Å². The van der Waals surface area contributed by atoms with Gasteiger partial charge in [0.15, 0.2) is 0 Å². The summed E-state index contributed by atoms with van der Waals surface area (Å²) in [6, 6.07) is 16.1. The standard InChI is InChI=1S/C22H21N3O3/c1-14(18-9-7-17(12-23)8-10-18)24-22(26)19-5-4-6-20(11-19)27-13-21-15(2)25-28-16(21)3/h4-11,14H,13H2,1-3H3,(H,24,26). The Labute approximate surface area is 163 Å². The SMILES string of the molecule is Cc1noc(C)c1COc1cccc(C(=O)NC(C)c2ccc(C#N)cc2)c1. The van der Waals surface area contributed by atoms with E-state index < -0.39 is 0 Å². The average Bonchev–Trinajstić information content (AvgIpc) is 3.04. The van der Waals surface area contributed by atoms with Crippen molar-refractivity contribution in [2.45, 2.75) is 33.4 Å². The van der Waals surface area contributed by atoms with Crippen LogP contribution in [-0.4, -0.2) is 11.1 Å². The molecule has 3 aromatic rings. The summed E-state index contributed by atoms with van der Waals surface area (Å²) >= 11 is 0. The molecular weight excluding hydrogens is 354 g/mol. The monoisotopic (exact) mass is 375 g/mol. The zero-order valence-electron chi connectivity index (χ0n) is 16.0. The molecule has 0 radical (unpaired) electrons. The number of aryl methyl sites for hydroxylation is 2. The van der Waals surface area contributed by atoms with Gasteiger partial charge < -0.3 is 14.6 Å². The van der Waals surface area contributed by atoms with Gasteiger partial charge in [-0.1, -0.05) is 23.4 Å². The molecule has 6 heteroatoms. The number of aromatic nitrogens is 1. The van der Waals surface area contributed by atoms with Crippen LogP contribution in [0.2, 0.25) is 0 Å². The molecule has 1 aromatic heterocycles. The first-order chi connectivity index (χ1) is 13.5. The molecule has 0 saturated carbocycles. The summed E-state index contributed by atoms with van der Waals surface area (Å²) in [7, 11) is 0. The topological polar surface area (TPSA) is 88.2 Å². The highest BCUT2D eigenvalue weighted by Crippen LogP contribution is 2.19. The number of nitriles is 1. The third-order valence-electron chi connectivity index (χ3n) is 4.55. The second-order valence-corrected chi connectivity index (χ2v) is 6.55. The molecule has 0 bridgehead atoms. The van der Waals surface area contributed by atoms with E-state index in [2.05, 4.69) is 16.5 Å². The van der Waals surface area contributed by atoms with E-state index in [1.54, 1.807) is 36.4 Å². The molecule has 1 amide bonds. The Morgan fingerprint density at radius 2 is 2.00 bits per heavy atom. The van der Waals surface area contributed by atoms with E-state index in [-0.39, 0.29) is 11.9 Å². The maximum absolute atomic E-state index is 12.6. The normalized spacial score (nSPS) is 11.5. The largest absolute Gasteiger partial charge is 0.489 e. The number of ether oxygens (including phenoxy) is 1. The average molecular weight is 375 g/mol. The minimum atomic E-state index is -0.195. The number of carbonyl (C=O) groups is 1. The van der Waals surface area contributed by atoms with Crippen molar-refractivity contribution in [3.63, 3.8) is 0 Å². The first kappa shape index (κ1) is 19.2. The van der Waals surface area contributed by atoms with Gasteiger partial charge in [-0.05, 0) is 56.7 Å². The van der Waals surface area contributed by atoms with Crippen molar-refractivity contribution in [3.05, 3.63) is 82.2 Å². The second-order valence-electron chi connectivity index (χ2n) is 6.55. The molecule has 3 rings (SSSR count). The van der Waals surface area contributed by atoms with Crippen LogP contribution in [0.5, 0.6) is 5.75 Å². The Morgan fingerprint density at radius 3 is 2.64 bits per heavy atom. The van der Waals surface area contributed by atoms with Crippen molar-refractivity contribution >= 4 is 5.91 Å². The summed E-state index contributed by atoms with van der Waals surface area (Å²) in [6.45, 7) is 5.93. The highest BCUT2D eigenvalue weighted by atomic mass is 16.5. The van der Waals surface area contributed by atoms with Crippen LogP contribution in [0.25, 0.3) is 0 Å². The van der Waals surface area contributed by atoms with E-state index in [0.717, 1.165) is 22.6 Å². The smallest absolute Gasteiger partial charge is 0.251 e. The number of hydrogen-bond acceptors (Lipinski definition) is 5. The Bertz CT molecular complexity index is 997. The molecule has 0 aliphatic rings. The van der Waals surface area contributed by atoms with E-state index in [1.165, 1.54) is 0 Å². The lowest BCUT2D eigenvalue weighted by Crippen LogP contribution is -2.26. The Morgan fingerprint density at radius 1 is 1.25 bits per heavy atom. The minimum absolute atomic E-state index is 0.188. The molecule has 0 saturated heterocycles. The van der Waals surface area contributed by atoms with Crippen molar-refractivity contribution in [3.8, 4) is 11.8 Å². The second kappa shape index (κ2) is 8.40. The molecule has 2 aromatic carbocycles. The van der Waals surface area contributed by atoms with Crippen LogP contribution in [0.3, 0.4) is 0 Å². The highest BCUT2D eigenvalue weighted by Gasteiger charge is 2.13. The van der Waals surface area contributed by atoms with Gasteiger partial charge in [-0.25, -0.2) is 0 Å². The Balaban J connectivity index is 1.65. The van der Waals surface area contributed by atoms with Crippen molar-refractivity contribution < 1.29 is 14.1 Å². The number of hydrogen-bond donors (Lipinski definition) is 1. The summed E-state index contributed by atoms with van der Waals surface area (Å²) in [6.07, 6.45) is 0. The van der Waals surface area contributed by atoms with E-state index in [0.29, 0.717) is 23.5 Å². The minimum Gasteiger partial charge on any atom is -0.489 e. The molecule has 1 atom stereocenters. The zero-order valence-corrected chi connectivity index (χ0v) is 16.0. The number of nitrogens with zero attached hydrogens (tertiary/aromatic N) is 2. The highest BCUT2D eigenvalue weighted by molar-refractivity contribution is 5.94. The first-order valence-corrected chi connectivity index (χ1v) is 8.93. The van der Waals surface area contributed by atoms with Gasteiger partial charge in [0.2, 0.25) is 0 Å². The van der Waals surface area contributed by atoms with Crippen LogP contribution in [-0.2, 0) is 6.61 Å². The van der Waals surface area contributed by atoms with Crippen LogP contribution in [0, 0.1) is 25.2 Å². The predicted molar refractivity (Wildman–Crippen MR) is 104 cm³/mol. The van der Waals surface area contributed by atoms with E-state index in [1.807, 2.05) is 32.9 Å². The van der Waals surface area contributed by atoms with Crippen molar-refractivity contribution in [2.75, 3.05) is 0 Å². The third-order valence-corrected chi connectivity index (χ3v) is 4.55. The van der Waals surface area contributed by atoms with Crippen LogP contribution in [0.15, 0.2) is 53.1 Å². The van der Waals surface area contributed by atoms with Gasteiger partial charge in [0, 0.05) is 5.56 Å². The number of amides is 1. The zero-order chi connectivity index (χ0) is 20.1. The summed E-state index contributed by atoms with van der Waals surface area (Å²) in [5.41, 5.74) is 3.73. The van der Waals surface area contributed by atoms with Gasteiger partial charge >= 0.3 is 0 Å². The van der Waals surface area contributed by atoms with Gasteiger partial charge in [-0.2, -0.15) is 5.26 Å². The fraction of sp³-hybridized carbons (Fsp3) is 0.227. The van der Waals surface area contributed by atoms with E-state index in [4.69, 9.17) is 14.5 Å². The van der Waals surface area contributed by atoms with Gasteiger partial charge in [-0.3, -0.25) is 4.79 Å². The Hall–Kier alpha value is -3.59. The maximum atomic E-state index is 12.6. The quantitative estimate of drug-likeness (QED) is 0.696. The number of carbonyl (C=O) groups excluding carboxylic acids is 1. The van der Waals surface area contributed by atoms with Crippen LogP contribution in [0.1, 0.15) is 51.5 Å². The molecule has 28 heavy (non-hydrogen) atoms. The molecule has 0 aliphatic heterocycles. The predicted octanol–water partition coefficient (Wildman–Crippen LogP) is 4.23. The number of rotatable bonds is 6. The molecule has 6 nitrogen and oxygen atoms in total. The molecule has 142 valence electrons. The molecular formula is C22H21N3O3. The molecule has 1 N–H and O–H groups in total. The summed E-state index contributed by atoms with van der Waals surface area (Å²) in [4.78, 5) is 12.6. The first-order valence-electron chi connectivity index (χ1n) is 8.93. The lowest BCUT2D eigenvalue weighted by atomic mass is 10.1. The van der Waals surface area contributed by atoms with Crippen LogP contribution >= 0.6 is 0 Å². The molecule has 1 heterocycles. The van der Waals surface area contributed by atoms with E-state index >= 15 is 0 Å². The van der Waals surface area contributed by atoms with E-state index in [9.17, 15) is 4.79 Å². The van der Waals surface area contributed by atoms with Gasteiger partial charge in [0.05, 0.1) is 28.9 Å². The lowest BCUT2D eigenvalue weighted by molar-refractivity contribution is 0.0939. The van der Waals surface area contributed by atoms with Crippen molar-refractivity contribution in [1.82, 2.24) is 10.5 Å². The molecule has 0 spiro atoms. The number of nitrogens with one attached hydrogen (secondary N) is 1. The Kier molecular flexibility index (Phi) is 5.75. The van der Waals surface area contributed by atoms with Crippen LogP contribution in [0.4, 0.5) is 0 Å². The molecule has 0 fully saturated rings. The number of benzene rings is 2.